The minimum Gasteiger partial charge on any atom is -0.504 e. The molecule has 0 fully saturated rings. The summed E-state index contributed by atoms with van der Waals surface area (Å²) < 4.78 is 15.7. The Hall–Kier alpha value is -4.79. The number of nitrogens with zero attached hydrogens (tertiary/aromatic N) is 2. The smallest absolute Gasteiger partial charge is 0.338 e. The number of phenolic OH excluding ortho intramolecular Hbond substituents is 1. The van der Waals surface area contributed by atoms with E-state index in [1.165, 1.54) is 13.2 Å². The summed E-state index contributed by atoms with van der Waals surface area (Å²) in [5, 5.41) is 17.6. The molecule has 2 N–H and O–H groups in total. The number of methoxy groups -OCH3 is 2. The quantitative estimate of drug-likeness (QED) is 0.354. The van der Waals surface area contributed by atoms with Gasteiger partial charge >= 0.3 is 5.97 Å². The average molecular weight is 500 g/mol. The molecule has 4 aromatic rings. The van der Waals surface area contributed by atoms with Crippen molar-refractivity contribution in [1.82, 2.24) is 10.2 Å². The van der Waals surface area contributed by atoms with E-state index < -0.39 is 12.0 Å². The molecular weight excluding hydrogens is 474 g/mol. The van der Waals surface area contributed by atoms with Crippen molar-refractivity contribution < 1.29 is 28.9 Å². The van der Waals surface area contributed by atoms with Crippen LogP contribution in [0.3, 0.4) is 0 Å². The van der Waals surface area contributed by atoms with E-state index in [2.05, 4.69) is 10.2 Å². The summed E-state index contributed by atoms with van der Waals surface area (Å²) in [4.78, 5) is 27.5. The lowest BCUT2D eigenvalue weighted by molar-refractivity contribution is 0.0526. The zero-order valence-electron chi connectivity index (χ0n) is 20.5. The first-order valence-corrected chi connectivity index (χ1v) is 11.7. The highest BCUT2D eigenvalue weighted by molar-refractivity contribution is 6.12. The molecular formula is C28H25N3O6. The maximum Gasteiger partial charge on any atom is 0.338 e. The van der Waals surface area contributed by atoms with Crippen molar-refractivity contribution in [3.05, 3.63) is 89.1 Å². The van der Waals surface area contributed by atoms with E-state index in [1.54, 1.807) is 55.3 Å². The molecule has 0 spiro atoms. The second kappa shape index (κ2) is 9.69. The van der Waals surface area contributed by atoms with Crippen molar-refractivity contribution in [2.24, 2.45) is 0 Å². The van der Waals surface area contributed by atoms with E-state index in [0.29, 0.717) is 39.5 Å². The molecule has 2 heterocycles. The number of carbonyl (C=O) groups is 2. The van der Waals surface area contributed by atoms with Crippen LogP contribution in [-0.2, 0) is 4.74 Å². The van der Waals surface area contributed by atoms with E-state index in [0.717, 1.165) is 5.56 Å². The Bertz CT molecular complexity index is 1460. The topological polar surface area (TPSA) is 114 Å². The number of aromatic hydroxyl groups is 1. The van der Waals surface area contributed by atoms with Gasteiger partial charge in [-0.05, 0) is 73.2 Å². The molecule has 188 valence electrons. The first kappa shape index (κ1) is 23.9. The van der Waals surface area contributed by atoms with Crippen LogP contribution < -0.4 is 14.4 Å². The van der Waals surface area contributed by atoms with Crippen LogP contribution in [0.2, 0.25) is 0 Å². The van der Waals surface area contributed by atoms with Gasteiger partial charge in [0.15, 0.2) is 11.5 Å². The number of carbonyl (C=O) groups excluding carboxylic acids is 2. The molecule has 1 aromatic heterocycles. The summed E-state index contributed by atoms with van der Waals surface area (Å²) in [5.74, 6) is 0.269. The van der Waals surface area contributed by atoms with Crippen LogP contribution >= 0.6 is 0 Å². The lowest BCUT2D eigenvalue weighted by atomic mass is 9.95. The zero-order valence-corrected chi connectivity index (χ0v) is 20.5. The predicted molar refractivity (Wildman–Crippen MR) is 136 cm³/mol. The van der Waals surface area contributed by atoms with E-state index in [9.17, 15) is 14.7 Å². The van der Waals surface area contributed by atoms with E-state index in [4.69, 9.17) is 14.2 Å². The number of hydrogen-bond donors (Lipinski definition) is 2. The predicted octanol–water partition coefficient (Wildman–Crippen LogP) is 4.73. The first-order valence-electron chi connectivity index (χ1n) is 11.7. The highest BCUT2D eigenvalue weighted by Gasteiger charge is 2.43. The third kappa shape index (κ3) is 4.14. The fourth-order valence-corrected chi connectivity index (χ4v) is 4.53. The van der Waals surface area contributed by atoms with Crippen molar-refractivity contribution in [1.29, 1.82) is 0 Å². The summed E-state index contributed by atoms with van der Waals surface area (Å²) in [6, 6.07) is 18.5. The van der Waals surface area contributed by atoms with Gasteiger partial charge in [0, 0.05) is 16.8 Å². The summed E-state index contributed by atoms with van der Waals surface area (Å²) in [6.45, 7) is 2.01. The minimum atomic E-state index is -0.582. The molecule has 3 aromatic carbocycles. The van der Waals surface area contributed by atoms with Gasteiger partial charge in [0.05, 0.1) is 38.1 Å². The Morgan fingerprint density at radius 1 is 1.03 bits per heavy atom. The number of benzene rings is 3. The minimum absolute atomic E-state index is 0.0105. The zero-order chi connectivity index (χ0) is 26.1. The molecule has 0 bridgehead atoms. The van der Waals surface area contributed by atoms with Crippen LogP contribution in [0.1, 0.15) is 44.9 Å². The largest absolute Gasteiger partial charge is 0.504 e. The molecule has 0 aliphatic carbocycles. The van der Waals surface area contributed by atoms with E-state index >= 15 is 0 Å². The van der Waals surface area contributed by atoms with Crippen LogP contribution in [0.5, 0.6) is 17.2 Å². The average Bonchev–Trinajstić information content (AvgIpc) is 3.48. The second-order valence-corrected chi connectivity index (χ2v) is 8.37. The molecule has 1 aliphatic rings. The van der Waals surface area contributed by atoms with E-state index in [1.807, 2.05) is 24.3 Å². The van der Waals surface area contributed by atoms with Gasteiger partial charge in [0.1, 0.15) is 11.4 Å². The normalized spacial score (nSPS) is 14.4. The number of rotatable bonds is 7. The third-order valence-electron chi connectivity index (χ3n) is 6.31. The summed E-state index contributed by atoms with van der Waals surface area (Å²) in [6.07, 6.45) is 0. The van der Waals surface area contributed by atoms with Crippen LogP contribution in [-0.4, -0.2) is 48.0 Å². The van der Waals surface area contributed by atoms with Gasteiger partial charge in [-0.1, -0.05) is 6.07 Å². The van der Waals surface area contributed by atoms with Gasteiger partial charge in [-0.15, -0.1) is 0 Å². The SMILES string of the molecule is CCOC(=O)c1ccc(N2C(=O)c3[nH]nc(-c4ccc(OC)cc4)c3[C@H]2c2ccc(O)c(OC)c2)cc1. The molecule has 1 aliphatic heterocycles. The Morgan fingerprint density at radius 2 is 1.76 bits per heavy atom. The maximum atomic E-state index is 13.7. The number of esters is 1. The third-order valence-corrected chi connectivity index (χ3v) is 6.31. The highest BCUT2D eigenvalue weighted by Crippen LogP contribution is 2.46. The van der Waals surface area contributed by atoms with Gasteiger partial charge in [-0.3, -0.25) is 14.8 Å². The second-order valence-electron chi connectivity index (χ2n) is 8.37. The van der Waals surface area contributed by atoms with Crippen molar-refractivity contribution in [2.45, 2.75) is 13.0 Å². The van der Waals surface area contributed by atoms with Crippen molar-refractivity contribution in [3.63, 3.8) is 0 Å². The van der Waals surface area contributed by atoms with E-state index in [-0.39, 0.29) is 24.0 Å². The van der Waals surface area contributed by atoms with Crippen molar-refractivity contribution in [3.8, 4) is 28.5 Å². The molecule has 0 unspecified atom stereocenters. The fourth-order valence-electron chi connectivity index (χ4n) is 4.53. The van der Waals surface area contributed by atoms with Gasteiger partial charge in [-0.2, -0.15) is 5.10 Å². The monoisotopic (exact) mass is 499 g/mol. The Morgan fingerprint density at radius 3 is 2.41 bits per heavy atom. The molecule has 0 radical (unpaired) electrons. The lowest BCUT2D eigenvalue weighted by Gasteiger charge is -2.27. The molecule has 9 nitrogen and oxygen atoms in total. The Kier molecular flexibility index (Phi) is 6.27. The number of H-pyrrole nitrogens is 1. The molecule has 1 amide bonds. The number of hydrogen-bond acceptors (Lipinski definition) is 7. The summed E-state index contributed by atoms with van der Waals surface area (Å²) in [7, 11) is 3.07. The summed E-state index contributed by atoms with van der Waals surface area (Å²) in [5.41, 5.74) is 4.16. The number of anilines is 1. The standard InChI is InChI=1S/C28H25N3O6/c1-4-37-28(34)17-5-10-19(11-6-17)31-26(18-9-14-21(32)22(15-18)36-3)23-24(29-30-25(23)27(31)33)16-7-12-20(35-2)13-8-16/h5-15,26,32H,4H2,1-3H3,(H,29,30)/t26-/m1/s1. The molecule has 0 saturated carbocycles. The Balaban J connectivity index is 1.65. The van der Waals surface area contributed by atoms with Gasteiger partial charge < -0.3 is 19.3 Å². The number of fused-ring (bicyclic) bond motifs is 1. The Labute approximate surface area is 213 Å². The molecule has 5 rings (SSSR count). The number of ether oxygens (including phenoxy) is 3. The number of aromatic nitrogens is 2. The molecule has 0 saturated heterocycles. The van der Waals surface area contributed by atoms with Gasteiger partial charge in [-0.25, -0.2) is 4.79 Å². The molecule has 9 heteroatoms. The van der Waals surface area contributed by atoms with Gasteiger partial charge in [0.25, 0.3) is 5.91 Å². The number of phenols is 1. The number of amides is 1. The van der Waals surface area contributed by atoms with Crippen molar-refractivity contribution in [2.75, 3.05) is 25.7 Å². The van der Waals surface area contributed by atoms with Crippen LogP contribution in [0.25, 0.3) is 11.3 Å². The number of nitrogens with one attached hydrogen (secondary N) is 1. The van der Waals surface area contributed by atoms with Crippen LogP contribution in [0.15, 0.2) is 66.7 Å². The summed E-state index contributed by atoms with van der Waals surface area (Å²) >= 11 is 0. The van der Waals surface area contributed by atoms with Crippen LogP contribution in [0.4, 0.5) is 5.69 Å². The molecule has 37 heavy (non-hydrogen) atoms. The maximum absolute atomic E-state index is 13.7. The lowest BCUT2D eigenvalue weighted by Crippen LogP contribution is -2.29. The molecule has 1 atom stereocenters. The highest BCUT2D eigenvalue weighted by atomic mass is 16.5. The van der Waals surface area contributed by atoms with Gasteiger partial charge in [0.2, 0.25) is 0 Å². The fraction of sp³-hybridized carbons (Fsp3) is 0.179. The number of aromatic amines is 1. The van der Waals surface area contributed by atoms with Crippen molar-refractivity contribution >= 4 is 17.6 Å². The van der Waals surface area contributed by atoms with Crippen LogP contribution in [0, 0.1) is 0 Å². The first-order chi connectivity index (χ1) is 18.0.